The van der Waals surface area contributed by atoms with Gasteiger partial charge in [0.15, 0.2) is 0 Å². The molecule has 3 nitrogen and oxygen atoms in total. The van der Waals surface area contributed by atoms with E-state index in [9.17, 15) is 5.21 Å². The van der Waals surface area contributed by atoms with Crippen LogP contribution in [0.25, 0.3) is 0 Å². The van der Waals surface area contributed by atoms with Crippen molar-refractivity contribution in [1.82, 2.24) is 5.48 Å². The van der Waals surface area contributed by atoms with E-state index >= 15 is 0 Å². The summed E-state index contributed by atoms with van der Waals surface area (Å²) in [5.74, 6) is 0.285. The summed E-state index contributed by atoms with van der Waals surface area (Å²) >= 11 is 0. The third-order valence-corrected chi connectivity index (χ3v) is 5.21. The summed E-state index contributed by atoms with van der Waals surface area (Å²) in [5, 5.41) is 12.4. The van der Waals surface area contributed by atoms with Gasteiger partial charge in [0.25, 0.3) is 0 Å². The highest BCUT2D eigenvalue weighted by molar-refractivity contribution is 5.33. The minimum atomic E-state index is 0.235. The van der Waals surface area contributed by atoms with Gasteiger partial charge in [-0.15, -0.1) is 0 Å². The highest BCUT2D eigenvalue weighted by atomic mass is 16.5. The van der Waals surface area contributed by atoms with E-state index in [0.29, 0.717) is 6.04 Å². The van der Waals surface area contributed by atoms with E-state index in [0.717, 1.165) is 18.5 Å². The van der Waals surface area contributed by atoms with Crippen molar-refractivity contribution >= 4 is 0 Å². The molecule has 3 heteroatoms. The van der Waals surface area contributed by atoms with Crippen LogP contribution in [0.1, 0.15) is 49.9 Å². The number of benzene rings is 2. The van der Waals surface area contributed by atoms with Crippen LogP contribution < -0.4 is 10.8 Å². The van der Waals surface area contributed by atoms with Crippen molar-refractivity contribution in [2.45, 2.75) is 38.8 Å². The second kappa shape index (κ2) is 7.65. The molecule has 1 aliphatic heterocycles. The van der Waals surface area contributed by atoms with Crippen LogP contribution >= 0.6 is 0 Å². The first-order valence-electron chi connectivity index (χ1n) is 8.88. The molecule has 0 amide bonds. The van der Waals surface area contributed by atoms with Crippen LogP contribution in [0.2, 0.25) is 0 Å². The number of hydrogen-bond acceptors (Lipinski definition) is 2. The lowest BCUT2D eigenvalue weighted by molar-refractivity contribution is -0.736. The number of hydroxylamine groups is 1. The minimum Gasteiger partial charge on any atom is -0.330 e. The molecule has 1 aliphatic rings. The molecule has 126 valence electrons. The summed E-state index contributed by atoms with van der Waals surface area (Å²) in [6.07, 6.45) is 1.92. The van der Waals surface area contributed by atoms with Crippen LogP contribution in [-0.2, 0) is 0 Å². The van der Waals surface area contributed by atoms with E-state index in [4.69, 9.17) is 0 Å². The largest absolute Gasteiger partial charge is 0.330 e. The molecule has 2 aromatic carbocycles. The van der Waals surface area contributed by atoms with Crippen molar-refractivity contribution in [3.8, 4) is 0 Å². The highest BCUT2D eigenvalue weighted by Gasteiger charge is 2.39. The van der Waals surface area contributed by atoms with Gasteiger partial charge in [-0.1, -0.05) is 74.5 Å². The SMILES string of the molecule is CCC1=C(NO)C(CC)C(c2ccccc2)[NH2+]C1c1ccccc1. The van der Waals surface area contributed by atoms with E-state index in [2.05, 4.69) is 85.3 Å². The van der Waals surface area contributed by atoms with E-state index in [1.54, 1.807) is 0 Å². The van der Waals surface area contributed by atoms with E-state index in [-0.39, 0.29) is 12.0 Å². The second-order valence-electron chi connectivity index (χ2n) is 6.44. The molecule has 3 atom stereocenters. The molecule has 2 aromatic rings. The van der Waals surface area contributed by atoms with E-state index in [1.807, 2.05) is 0 Å². The molecule has 0 fully saturated rings. The zero-order valence-corrected chi connectivity index (χ0v) is 14.4. The van der Waals surface area contributed by atoms with Crippen molar-refractivity contribution in [3.63, 3.8) is 0 Å². The smallest absolute Gasteiger partial charge is 0.136 e. The van der Waals surface area contributed by atoms with Crippen molar-refractivity contribution in [1.29, 1.82) is 0 Å². The molecule has 0 radical (unpaired) electrons. The first-order chi connectivity index (χ1) is 11.8. The quantitative estimate of drug-likeness (QED) is 0.735. The number of hydrogen-bond donors (Lipinski definition) is 3. The number of nitrogens with one attached hydrogen (secondary N) is 1. The van der Waals surface area contributed by atoms with Crippen LogP contribution in [0.15, 0.2) is 71.9 Å². The summed E-state index contributed by atoms with van der Waals surface area (Å²) in [5.41, 5.74) is 7.47. The Balaban J connectivity index is 2.09. The van der Waals surface area contributed by atoms with Crippen LogP contribution in [-0.4, -0.2) is 5.21 Å². The molecule has 0 saturated heterocycles. The lowest BCUT2D eigenvalue weighted by Crippen LogP contribution is -2.89. The van der Waals surface area contributed by atoms with Crippen molar-refractivity contribution in [3.05, 3.63) is 83.1 Å². The fourth-order valence-electron chi connectivity index (χ4n) is 4.06. The predicted molar refractivity (Wildman–Crippen MR) is 96.3 cm³/mol. The Morgan fingerprint density at radius 2 is 1.50 bits per heavy atom. The maximum atomic E-state index is 9.90. The van der Waals surface area contributed by atoms with Crippen molar-refractivity contribution in [2.24, 2.45) is 5.92 Å². The van der Waals surface area contributed by atoms with E-state index < -0.39 is 0 Å². The Morgan fingerprint density at radius 3 is 2.00 bits per heavy atom. The summed E-state index contributed by atoms with van der Waals surface area (Å²) in [6.45, 7) is 4.37. The topological polar surface area (TPSA) is 48.9 Å². The summed E-state index contributed by atoms with van der Waals surface area (Å²) in [4.78, 5) is 0. The van der Waals surface area contributed by atoms with Gasteiger partial charge in [0.2, 0.25) is 0 Å². The lowest BCUT2D eigenvalue weighted by atomic mass is 9.78. The van der Waals surface area contributed by atoms with Crippen LogP contribution in [0.4, 0.5) is 0 Å². The van der Waals surface area contributed by atoms with Gasteiger partial charge in [0.1, 0.15) is 12.1 Å². The molecule has 0 saturated carbocycles. The Kier molecular flexibility index (Phi) is 5.34. The van der Waals surface area contributed by atoms with Gasteiger partial charge in [0, 0.05) is 16.7 Å². The van der Waals surface area contributed by atoms with Gasteiger partial charge in [-0.3, -0.25) is 10.7 Å². The normalized spacial score (nSPS) is 24.0. The van der Waals surface area contributed by atoms with Crippen molar-refractivity contribution in [2.75, 3.05) is 0 Å². The molecule has 0 aromatic heterocycles. The minimum absolute atomic E-state index is 0.235. The molecular formula is C21H27N2O+. The van der Waals surface area contributed by atoms with Crippen molar-refractivity contribution < 1.29 is 10.5 Å². The Morgan fingerprint density at radius 1 is 0.917 bits per heavy atom. The third kappa shape index (κ3) is 3.10. The van der Waals surface area contributed by atoms with Gasteiger partial charge in [0.05, 0.1) is 11.6 Å². The monoisotopic (exact) mass is 323 g/mol. The Hall–Kier alpha value is -2.10. The standard InChI is InChI=1S/C21H26N2O/c1-3-17-19(15-11-7-5-8-12-15)22-20(16-13-9-6-10-14-16)18(4-2)21(17)23-24/h5-14,17,19-20,22-24H,3-4H2,1-2H3/p+1. The molecule has 4 N–H and O–H groups in total. The average Bonchev–Trinajstić information content (AvgIpc) is 2.67. The molecular weight excluding hydrogens is 296 g/mol. The van der Waals surface area contributed by atoms with Crippen LogP contribution in [0.5, 0.6) is 0 Å². The molecule has 1 heterocycles. The maximum Gasteiger partial charge on any atom is 0.136 e. The molecule has 0 bridgehead atoms. The van der Waals surface area contributed by atoms with Gasteiger partial charge in [-0.05, 0) is 12.8 Å². The first kappa shape index (κ1) is 16.7. The summed E-state index contributed by atoms with van der Waals surface area (Å²) in [7, 11) is 0. The fourth-order valence-corrected chi connectivity index (χ4v) is 4.06. The van der Waals surface area contributed by atoms with Gasteiger partial charge < -0.3 is 5.32 Å². The van der Waals surface area contributed by atoms with Crippen LogP contribution in [0, 0.1) is 5.92 Å². The van der Waals surface area contributed by atoms with Crippen LogP contribution in [0.3, 0.4) is 0 Å². The van der Waals surface area contributed by atoms with Gasteiger partial charge >= 0.3 is 0 Å². The summed E-state index contributed by atoms with van der Waals surface area (Å²) in [6, 6.07) is 21.8. The van der Waals surface area contributed by atoms with Gasteiger partial charge in [-0.25, -0.2) is 0 Å². The third-order valence-electron chi connectivity index (χ3n) is 5.21. The molecule has 0 aliphatic carbocycles. The Labute approximate surface area is 144 Å². The fraction of sp³-hybridized carbons (Fsp3) is 0.333. The summed E-state index contributed by atoms with van der Waals surface area (Å²) < 4.78 is 0. The molecule has 3 rings (SSSR count). The average molecular weight is 323 g/mol. The lowest BCUT2D eigenvalue weighted by Gasteiger charge is -2.37. The molecule has 0 spiro atoms. The molecule has 24 heavy (non-hydrogen) atoms. The first-order valence-corrected chi connectivity index (χ1v) is 8.88. The Bertz CT molecular complexity index is 681. The maximum absolute atomic E-state index is 9.90. The van der Waals surface area contributed by atoms with Gasteiger partial charge in [-0.2, -0.15) is 0 Å². The number of quaternary nitrogens is 1. The predicted octanol–water partition coefficient (Wildman–Crippen LogP) is 3.72. The zero-order valence-electron chi connectivity index (χ0n) is 14.4. The number of rotatable bonds is 5. The molecule has 3 unspecified atom stereocenters. The number of nitrogens with two attached hydrogens (primary N) is 1. The van der Waals surface area contributed by atoms with E-state index in [1.165, 1.54) is 16.7 Å². The zero-order chi connectivity index (χ0) is 16.9. The highest BCUT2D eigenvalue weighted by Crippen LogP contribution is 2.37. The second-order valence-corrected chi connectivity index (χ2v) is 6.44.